The van der Waals surface area contributed by atoms with Crippen LogP contribution in [0.25, 0.3) is 60.4 Å². The minimum atomic E-state index is 0.553. The third kappa shape index (κ3) is 4.09. The number of hydrogen-bond acceptors (Lipinski definition) is 0. The number of hydrogen-bond donors (Lipinski definition) is 0. The van der Waals surface area contributed by atoms with Gasteiger partial charge in [0.05, 0.1) is 11.0 Å². The van der Waals surface area contributed by atoms with Gasteiger partial charge in [0.1, 0.15) is 0 Å². The van der Waals surface area contributed by atoms with Gasteiger partial charge < -0.3 is 9.13 Å². The molecule has 6 aromatic rings. The van der Waals surface area contributed by atoms with Crippen molar-refractivity contribution >= 4 is 49.3 Å². The summed E-state index contributed by atoms with van der Waals surface area (Å²) < 4.78 is 5.23. The van der Waals surface area contributed by atoms with E-state index < -0.39 is 0 Å². The topological polar surface area (TPSA) is 9.86 Å². The van der Waals surface area contributed by atoms with Gasteiger partial charge in [-0.15, -0.1) is 0 Å². The van der Waals surface area contributed by atoms with Gasteiger partial charge in [-0.25, -0.2) is 0 Å². The molecular formula is C44H40N2. The maximum atomic E-state index is 2.70. The van der Waals surface area contributed by atoms with E-state index in [1.54, 1.807) is 11.1 Å². The van der Waals surface area contributed by atoms with E-state index in [9.17, 15) is 0 Å². The van der Waals surface area contributed by atoms with Crippen LogP contribution in [0.4, 0.5) is 0 Å². The summed E-state index contributed by atoms with van der Waals surface area (Å²) in [6.45, 7) is 0. The first kappa shape index (κ1) is 26.6. The fourth-order valence-corrected chi connectivity index (χ4v) is 9.47. The van der Waals surface area contributed by atoms with Crippen LogP contribution in [0, 0.1) is 5.92 Å². The third-order valence-corrected chi connectivity index (χ3v) is 11.7. The second-order valence-corrected chi connectivity index (χ2v) is 14.2. The molecule has 0 amide bonds. The Hall–Kier alpha value is -4.56. The Kier molecular flexibility index (Phi) is 6.07. The number of rotatable bonds is 3. The van der Waals surface area contributed by atoms with Gasteiger partial charge >= 0.3 is 0 Å². The number of nitrogens with zero attached hydrogens (tertiary/aromatic N) is 2. The van der Waals surface area contributed by atoms with Gasteiger partial charge in [-0.3, -0.25) is 0 Å². The monoisotopic (exact) mass is 596 g/mol. The highest BCUT2D eigenvalue weighted by atomic mass is 15.0. The van der Waals surface area contributed by atoms with E-state index in [-0.39, 0.29) is 0 Å². The van der Waals surface area contributed by atoms with Gasteiger partial charge in [0.2, 0.25) is 0 Å². The molecule has 4 aliphatic carbocycles. The van der Waals surface area contributed by atoms with E-state index in [4.69, 9.17) is 0 Å². The molecule has 0 fully saturated rings. The predicted octanol–water partition coefficient (Wildman–Crippen LogP) is 12.3. The van der Waals surface area contributed by atoms with Gasteiger partial charge in [-0.2, -0.15) is 0 Å². The summed E-state index contributed by atoms with van der Waals surface area (Å²) in [6.07, 6.45) is 22.1. The number of benzene rings is 4. The summed E-state index contributed by atoms with van der Waals surface area (Å²) in [5, 5.41) is 5.45. The quantitative estimate of drug-likeness (QED) is 0.180. The molecule has 0 N–H and O–H groups in total. The fourth-order valence-electron chi connectivity index (χ4n) is 9.47. The van der Waals surface area contributed by atoms with E-state index >= 15 is 0 Å². The molecule has 0 aliphatic heterocycles. The fraction of sp³-hybridized carbons (Fsp3) is 0.273. The van der Waals surface area contributed by atoms with E-state index in [1.165, 1.54) is 124 Å². The molecule has 2 heterocycles. The maximum absolute atomic E-state index is 2.70. The van der Waals surface area contributed by atoms with Gasteiger partial charge in [0.25, 0.3) is 0 Å². The molecule has 0 saturated heterocycles. The SMILES string of the molecule is C1=CC2=CC=C(n3c4ccccc4c4cc(-c5ccc6c(c5)c5ccccc5n6C5CCC6=C(CCCC6)C5)ccc43)CC2CC1. The standard InChI is InChI=1S/C44H40N2/c1-3-11-31-25-35(21-17-29(31)9-1)45-41-15-7-5-13-37(41)39-27-33(19-23-43(39)45)34-20-24-44-40(28-34)38-14-6-8-16-42(38)46(44)36-22-18-30-10-2-4-12-32(30)26-36/h1,5-9,13-17,19-21,23-24,27-28,31,36H,2-4,10-12,18,22,25-26H2. The largest absolute Gasteiger partial charge is 0.337 e. The van der Waals surface area contributed by atoms with Crippen molar-refractivity contribution < 1.29 is 0 Å². The van der Waals surface area contributed by atoms with Crippen LogP contribution >= 0.6 is 0 Å². The molecular weight excluding hydrogens is 556 g/mol. The van der Waals surface area contributed by atoms with E-state index in [2.05, 4.69) is 118 Å². The van der Waals surface area contributed by atoms with Gasteiger partial charge in [-0.1, -0.05) is 77.9 Å². The molecule has 2 heteroatoms. The Balaban J connectivity index is 1.09. The van der Waals surface area contributed by atoms with Gasteiger partial charge in [0, 0.05) is 44.3 Å². The Labute approximate surface area is 271 Å². The Morgan fingerprint density at radius 3 is 2.09 bits per heavy atom. The molecule has 0 radical (unpaired) electrons. The molecule has 4 aromatic carbocycles. The molecule has 2 atom stereocenters. The minimum absolute atomic E-state index is 0.553. The Bertz CT molecular complexity index is 2330. The van der Waals surface area contributed by atoms with E-state index in [0.29, 0.717) is 12.0 Å². The summed E-state index contributed by atoms with van der Waals surface area (Å²) in [5.74, 6) is 0.629. The minimum Gasteiger partial charge on any atom is -0.337 e. The lowest BCUT2D eigenvalue weighted by Gasteiger charge is -2.32. The second-order valence-electron chi connectivity index (χ2n) is 14.2. The first-order chi connectivity index (χ1) is 22.8. The average molecular weight is 597 g/mol. The van der Waals surface area contributed by atoms with Crippen molar-refractivity contribution in [2.75, 3.05) is 0 Å². The van der Waals surface area contributed by atoms with Crippen LogP contribution in [-0.2, 0) is 0 Å². The summed E-state index contributed by atoms with van der Waals surface area (Å²) in [4.78, 5) is 0. The maximum Gasteiger partial charge on any atom is 0.0538 e. The summed E-state index contributed by atoms with van der Waals surface area (Å²) in [7, 11) is 0. The summed E-state index contributed by atoms with van der Waals surface area (Å²) in [5.41, 5.74) is 14.5. The molecule has 46 heavy (non-hydrogen) atoms. The Morgan fingerprint density at radius 1 is 0.565 bits per heavy atom. The lowest BCUT2D eigenvalue weighted by Crippen LogP contribution is -2.17. The predicted molar refractivity (Wildman–Crippen MR) is 195 cm³/mol. The van der Waals surface area contributed by atoms with Crippen molar-refractivity contribution in [1.29, 1.82) is 0 Å². The molecule has 2 unspecified atom stereocenters. The molecule has 0 saturated carbocycles. The molecule has 2 aromatic heterocycles. The summed E-state index contributed by atoms with van der Waals surface area (Å²) in [6, 6.07) is 33.1. The first-order valence-electron chi connectivity index (χ1n) is 17.6. The average Bonchev–Trinajstić information content (AvgIpc) is 3.63. The molecule has 0 spiro atoms. The highest BCUT2D eigenvalue weighted by molar-refractivity contribution is 6.12. The number of para-hydroxylation sites is 2. The van der Waals surface area contributed by atoms with Crippen LogP contribution in [0.5, 0.6) is 0 Å². The van der Waals surface area contributed by atoms with Crippen LogP contribution in [0.3, 0.4) is 0 Å². The van der Waals surface area contributed by atoms with Crippen LogP contribution in [0.15, 0.2) is 126 Å². The van der Waals surface area contributed by atoms with Crippen molar-refractivity contribution in [3.05, 3.63) is 126 Å². The lowest BCUT2D eigenvalue weighted by molar-refractivity contribution is 0.429. The highest BCUT2D eigenvalue weighted by Crippen LogP contribution is 2.45. The van der Waals surface area contributed by atoms with Crippen molar-refractivity contribution in [3.8, 4) is 11.1 Å². The number of allylic oxidation sites excluding steroid dienone is 8. The van der Waals surface area contributed by atoms with E-state index in [1.807, 2.05) is 0 Å². The van der Waals surface area contributed by atoms with Crippen LogP contribution in [-0.4, -0.2) is 9.13 Å². The zero-order valence-corrected chi connectivity index (χ0v) is 26.5. The van der Waals surface area contributed by atoms with Crippen molar-refractivity contribution in [3.63, 3.8) is 0 Å². The van der Waals surface area contributed by atoms with Crippen LogP contribution < -0.4 is 0 Å². The van der Waals surface area contributed by atoms with Crippen molar-refractivity contribution in [1.82, 2.24) is 9.13 Å². The van der Waals surface area contributed by atoms with Gasteiger partial charge in [-0.05, 0) is 129 Å². The van der Waals surface area contributed by atoms with Crippen LogP contribution in [0.1, 0.15) is 70.3 Å². The summed E-state index contributed by atoms with van der Waals surface area (Å²) >= 11 is 0. The number of aromatic nitrogens is 2. The lowest BCUT2D eigenvalue weighted by atomic mass is 9.80. The Morgan fingerprint density at radius 2 is 1.24 bits per heavy atom. The zero-order chi connectivity index (χ0) is 30.2. The smallest absolute Gasteiger partial charge is 0.0538 e. The molecule has 10 rings (SSSR count). The third-order valence-electron chi connectivity index (χ3n) is 11.7. The van der Waals surface area contributed by atoms with Gasteiger partial charge in [0.15, 0.2) is 0 Å². The van der Waals surface area contributed by atoms with Crippen LogP contribution in [0.2, 0.25) is 0 Å². The molecule has 4 aliphatic rings. The molecule has 2 nitrogen and oxygen atoms in total. The second kappa shape index (κ2) is 10.5. The van der Waals surface area contributed by atoms with E-state index in [0.717, 1.165) is 6.42 Å². The molecule has 0 bridgehead atoms. The normalized spacial score (nSPS) is 21.6. The van der Waals surface area contributed by atoms with Crippen molar-refractivity contribution in [2.45, 2.75) is 70.3 Å². The van der Waals surface area contributed by atoms with Crippen molar-refractivity contribution in [2.24, 2.45) is 5.92 Å². The highest BCUT2D eigenvalue weighted by Gasteiger charge is 2.27. The molecule has 226 valence electrons. The number of fused-ring (bicyclic) bond motifs is 7. The first-order valence-corrected chi connectivity index (χ1v) is 17.6. The zero-order valence-electron chi connectivity index (χ0n) is 26.5.